The molecule has 0 unspecified atom stereocenters. The fourth-order valence-electron chi connectivity index (χ4n) is 2.26. The number of carbonyl (C=O) groups excluding carboxylic acids is 1. The number of carbonyl (C=O) groups is 1. The zero-order chi connectivity index (χ0) is 16.8. The molecule has 0 aliphatic rings. The predicted molar refractivity (Wildman–Crippen MR) is 89.5 cm³/mol. The lowest BCUT2D eigenvalue weighted by molar-refractivity contribution is 0.0411. The molecule has 0 spiro atoms. The summed E-state index contributed by atoms with van der Waals surface area (Å²) >= 11 is 0. The van der Waals surface area contributed by atoms with Crippen LogP contribution < -0.4 is 0 Å². The van der Waals surface area contributed by atoms with Crippen LogP contribution in [-0.2, 0) is 11.2 Å². The highest BCUT2D eigenvalue weighted by atomic mass is 16.5. The maximum atomic E-state index is 12.3. The smallest absolute Gasteiger partial charge is 0.339 e. The van der Waals surface area contributed by atoms with Gasteiger partial charge in [0.1, 0.15) is 12.7 Å². The van der Waals surface area contributed by atoms with E-state index in [0.717, 1.165) is 11.3 Å². The molecule has 0 aliphatic carbocycles. The first-order valence-corrected chi connectivity index (χ1v) is 7.42. The molecule has 2 aromatic carbocycles. The highest BCUT2D eigenvalue weighted by Gasteiger charge is 2.14. The Labute approximate surface area is 139 Å². The Balaban J connectivity index is 1.66. The predicted octanol–water partition coefficient (Wildman–Crippen LogP) is 2.67. The Bertz CT molecular complexity index is 835. The summed E-state index contributed by atoms with van der Waals surface area (Å²) in [5.41, 5.74) is 2.32. The summed E-state index contributed by atoms with van der Waals surface area (Å²) in [6, 6.07) is 16.6. The molecule has 0 aliphatic heterocycles. The molecule has 3 rings (SSSR count). The Hall–Kier alpha value is -3.39. The number of esters is 1. The van der Waals surface area contributed by atoms with Gasteiger partial charge in [0.15, 0.2) is 6.10 Å². The van der Waals surface area contributed by atoms with Gasteiger partial charge in [-0.2, -0.15) is 0 Å². The van der Waals surface area contributed by atoms with E-state index in [1.54, 1.807) is 41.5 Å². The van der Waals surface area contributed by atoms with E-state index in [0.29, 0.717) is 12.0 Å². The third-order valence-corrected chi connectivity index (χ3v) is 3.52. The molecule has 1 aromatic heterocycles. The second-order valence-corrected chi connectivity index (χ2v) is 5.17. The highest BCUT2D eigenvalue weighted by Crippen LogP contribution is 2.12. The zero-order valence-electron chi connectivity index (χ0n) is 12.9. The standard InChI is InChI=1S/C19H15N3O2/c1-2-18(12-15-6-4-3-5-7-15)24-19(23)16-8-10-17(11-9-16)22-13-20-21-14-22/h1,3-11,13-14,18H,12H2/t18-/m0/s1. The molecule has 3 aromatic rings. The summed E-state index contributed by atoms with van der Waals surface area (Å²) in [5.74, 6) is 2.08. The molecule has 0 radical (unpaired) electrons. The van der Waals surface area contributed by atoms with Crippen molar-refractivity contribution in [3.05, 3.63) is 78.4 Å². The average molecular weight is 317 g/mol. The molecular weight excluding hydrogens is 302 g/mol. The minimum Gasteiger partial charge on any atom is -0.445 e. The maximum Gasteiger partial charge on any atom is 0.339 e. The molecule has 1 heterocycles. The molecule has 0 bridgehead atoms. The lowest BCUT2D eigenvalue weighted by atomic mass is 10.1. The number of rotatable bonds is 5. The van der Waals surface area contributed by atoms with Gasteiger partial charge in [-0.3, -0.25) is 4.57 Å². The highest BCUT2D eigenvalue weighted by molar-refractivity contribution is 5.89. The monoisotopic (exact) mass is 317 g/mol. The van der Waals surface area contributed by atoms with Crippen LogP contribution in [0.4, 0.5) is 0 Å². The fourth-order valence-corrected chi connectivity index (χ4v) is 2.26. The Morgan fingerprint density at radius 3 is 2.38 bits per heavy atom. The van der Waals surface area contributed by atoms with Crippen molar-refractivity contribution in [2.24, 2.45) is 0 Å². The molecule has 5 heteroatoms. The van der Waals surface area contributed by atoms with Gasteiger partial charge in [0.05, 0.1) is 5.56 Å². The van der Waals surface area contributed by atoms with Gasteiger partial charge in [-0.05, 0) is 29.8 Å². The first-order valence-electron chi connectivity index (χ1n) is 7.42. The summed E-state index contributed by atoms with van der Waals surface area (Å²) in [6.45, 7) is 0. The van der Waals surface area contributed by atoms with E-state index in [9.17, 15) is 4.79 Å². The lowest BCUT2D eigenvalue weighted by Crippen LogP contribution is -2.19. The van der Waals surface area contributed by atoms with Gasteiger partial charge in [0, 0.05) is 12.1 Å². The normalized spacial score (nSPS) is 11.5. The van der Waals surface area contributed by atoms with Crippen molar-refractivity contribution < 1.29 is 9.53 Å². The number of hydrogen-bond acceptors (Lipinski definition) is 4. The summed E-state index contributed by atoms with van der Waals surface area (Å²) < 4.78 is 7.16. The minimum absolute atomic E-state index is 0.441. The Kier molecular flexibility index (Phi) is 4.68. The Morgan fingerprint density at radius 2 is 1.75 bits per heavy atom. The van der Waals surface area contributed by atoms with Gasteiger partial charge in [0.25, 0.3) is 0 Å². The largest absolute Gasteiger partial charge is 0.445 e. The van der Waals surface area contributed by atoms with Gasteiger partial charge < -0.3 is 4.74 Å². The van der Waals surface area contributed by atoms with Crippen molar-refractivity contribution in [1.29, 1.82) is 0 Å². The molecule has 0 saturated carbocycles. The second kappa shape index (κ2) is 7.25. The second-order valence-electron chi connectivity index (χ2n) is 5.17. The van der Waals surface area contributed by atoms with E-state index in [2.05, 4.69) is 16.1 Å². The van der Waals surface area contributed by atoms with Crippen molar-refractivity contribution in [3.63, 3.8) is 0 Å². The zero-order valence-corrected chi connectivity index (χ0v) is 12.9. The third-order valence-electron chi connectivity index (χ3n) is 3.52. The van der Waals surface area contributed by atoms with Gasteiger partial charge in [-0.15, -0.1) is 16.6 Å². The van der Waals surface area contributed by atoms with Gasteiger partial charge in [-0.1, -0.05) is 36.3 Å². The Morgan fingerprint density at radius 1 is 1.08 bits per heavy atom. The van der Waals surface area contributed by atoms with E-state index >= 15 is 0 Å². The van der Waals surface area contributed by atoms with Crippen LogP contribution in [0.3, 0.4) is 0 Å². The van der Waals surface area contributed by atoms with Crippen molar-refractivity contribution in [3.8, 4) is 18.0 Å². The lowest BCUT2D eigenvalue weighted by Gasteiger charge is -2.13. The van der Waals surface area contributed by atoms with Crippen LogP contribution >= 0.6 is 0 Å². The molecule has 0 N–H and O–H groups in total. The third kappa shape index (κ3) is 3.68. The van der Waals surface area contributed by atoms with Gasteiger partial charge in [-0.25, -0.2) is 4.79 Å². The number of aromatic nitrogens is 3. The number of ether oxygens (including phenoxy) is 1. The topological polar surface area (TPSA) is 57.0 Å². The average Bonchev–Trinajstić information content (AvgIpc) is 3.17. The van der Waals surface area contributed by atoms with Crippen molar-refractivity contribution in [1.82, 2.24) is 14.8 Å². The molecule has 5 nitrogen and oxygen atoms in total. The van der Waals surface area contributed by atoms with Gasteiger partial charge >= 0.3 is 5.97 Å². The first kappa shape index (κ1) is 15.5. The first-order chi connectivity index (χ1) is 11.8. The molecular formula is C19H15N3O2. The molecule has 24 heavy (non-hydrogen) atoms. The van der Waals surface area contributed by atoms with Crippen LogP contribution in [0.5, 0.6) is 0 Å². The van der Waals surface area contributed by atoms with Crippen LogP contribution in [0.25, 0.3) is 5.69 Å². The summed E-state index contributed by atoms with van der Waals surface area (Å²) in [5, 5.41) is 7.49. The number of benzene rings is 2. The SMILES string of the molecule is C#C[C@@H](Cc1ccccc1)OC(=O)c1ccc(-n2cnnc2)cc1. The van der Waals surface area contributed by atoms with Crippen LogP contribution in [0.2, 0.25) is 0 Å². The van der Waals surface area contributed by atoms with E-state index in [1.165, 1.54) is 0 Å². The van der Waals surface area contributed by atoms with E-state index in [-0.39, 0.29) is 0 Å². The summed E-state index contributed by atoms with van der Waals surface area (Å²) in [6.07, 6.45) is 8.55. The number of terminal acetylenes is 1. The van der Waals surface area contributed by atoms with Crippen LogP contribution in [-0.4, -0.2) is 26.8 Å². The summed E-state index contributed by atoms with van der Waals surface area (Å²) in [4.78, 5) is 12.3. The maximum absolute atomic E-state index is 12.3. The molecule has 0 saturated heterocycles. The molecule has 0 fully saturated rings. The molecule has 0 amide bonds. The van der Waals surface area contributed by atoms with Crippen LogP contribution in [0, 0.1) is 12.3 Å². The van der Waals surface area contributed by atoms with Crippen molar-refractivity contribution >= 4 is 5.97 Å². The number of nitrogens with zero attached hydrogens (tertiary/aromatic N) is 3. The van der Waals surface area contributed by atoms with Gasteiger partial charge in [0.2, 0.25) is 0 Å². The molecule has 118 valence electrons. The van der Waals surface area contributed by atoms with Crippen molar-refractivity contribution in [2.75, 3.05) is 0 Å². The van der Waals surface area contributed by atoms with Crippen LogP contribution in [0.15, 0.2) is 67.3 Å². The van der Waals surface area contributed by atoms with Crippen molar-refractivity contribution in [2.45, 2.75) is 12.5 Å². The van der Waals surface area contributed by atoms with E-state index < -0.39 is 12.1 Å². The fraction of sp³-hybridized carbons (Fsp3) is 0.105. The number of hydrogen-bond donors (Lipinski definition) is 0. The molecule has 1 atom stereocenters. The van der Waals surface area contributed by atoms with Crippen LogP contribution in [0.1, 0.15) is 15.9 Å². The van der Waals surface area contributed by atoms with E-state index in [1.807, 2.05) is 30.3 Å². The minimum atomic E-state index is -0.600. The quantitative estimate of drug-likeness (QED) is 0.536. The van der Waals surface area contributed by atoms with E-state index in [4.69, 9.17) is 11.2 Å². The summed E-state index contributed by atoms with van der Waals surface area (Å²) in [7, 11) is 0.